The molecule has 156 valence electrons. The quantitative estimate of drug-likeness (QED) is 0.581. The van der Waals surface area contributed by atoms with E-state index in [1.54, 1.807) is 7.05 Å². The Morgan fingerprint density at radius 1 is 1.07 bits per heavy atom. The van der Waals surface area contributed by atoms with Crippen LogP contribution < -0.4 is 5.32 Å². The molecule has 2 aromatic carbocycles. The first kappa shape index (κ1) is 21.8. The van der Waals surface area contributed by atoms with Crippen molar-refractivity contribution in [2.24, 2.45) is 0 Å². The van der Waals surface area contributed by atoms with Gasteiger partial charge in [0.1, 0.15) is 5.03 Å². The lowest BCUT2D eigenvalue weighted by Gasteiger charge is -2.21. The zero-order valence-corrected chi connectivity index (χ0v) is 18.5. The Balaban J connectivity index is 1.62. The second-order valence-electron chi connectivity index (χ2n) is 7.12. The summed E-state index contributed by atoms with van der Waals surface area (Å²) < 4.78 is 0. The molecule has 2 amide bonds. The highest BCUT2D eigenvalue weighted by molar-refractivity contribution is 8.00. The summed E-state index contributed by atoms with van der Waals surface area (Å²) in [7, 11) is 1.64. The highest BCUT2D eigenvalue weighted by Crippen LogP contribution is 2.26. The van der Waals surface area contributed by atoms with Crippen LogP contribution >= 0.6 is 11.8 Å². The van der Waals surface area contributed by atoms with Crippen LogP contribution in [-0.2, 0) is 16.0 Å². The van der Waals surface area contributed by atoms with Crippen molar-refractivity contribution in [2.45, 2.75) is 37.5 Å². The van der Waals surface area contributed by atoms with Gasteiger partial charge in [0.05, 0.1) is 28.5 Å². The largest absolute Gasteiger partial charge is 0.335 e. The SMILES string of the molecule is CCc1ccccc1NC(=O)CN(C)C(=O)C(C)Sc1nc2ccccc2nc1C. The van der Waals surface area contributed by atoms with Gasteiger partial charge in [0.2, 0.25) is 11.8 Å². The first-order valence-corrected chi connectivity index (χ1v) is 10.8. The molecular weight excluding hydrogens is 396 g/mol. The molecule has 0 aliphatic carbocycles. The average molecular weight is 423 g/mol. The number of carbonyl (C=O) groups is 2. The first-order valence-electron chi connectivity index (χ1n) is 9.91. The number of fused-ring (bicyclic) bond motifs is 1. The minimum absolute atomic E-state index is 0.00976. The highest BCUT2D eigenvalue weighted by atomic mass is 32.2. The minimum Gasteiger partial charge on any atom is -0.335 e. The van der Waals surface area contributed by atoms with Crippen LogP contribution in [0.2, 0.25) is 0 Å². The second-order valence-corrected chi connectivity index (χ2v) is 8.45. The molecule has 1 atom stereocenters. The Kier molecular flexibility index (Phi) is 7.05. The number of likely N-dealkylation sites (N-methyl/N-ethyl adjacent to an activating group) is 1. The summed E-state index contributed by atoms with van der Waals surface area (Å²) in [5.41, 5.74) is 4.27. The number of para-hydroxylation sites is 3. The number of anilines is 1. The molecule has 1 N–H and O–H groups in total. The van der Waals surface area contributed by atoms with Crippen molar-refractivity contribution in [2.75, 3.05) is 18.9 Å². The third-order valence-electron chi connectivity index (χ3n) is 4.77. The monoisotopic (exact) mass is 422 g/mol. The van der Waals surface area contributed by atoms with Gasteiger partial charge in [0, 0.05) is 12.7 Å². The molecule has 0 aliphatic rings. The summed E-state index contributed by atoms with van der Waals surface area (Å²) >= 11 is 1.36. The summed E-state index contributed by atoms with van der Waals surface area (Å²) in [6.45, 7) is 5.74. The Labute approximate surface area is 181 Å². The third kappa shape index (κ3) is 5.16. The molecule has 6 nitrogen and oxygen atoms in total. The number of aromatic nitrogens is 2. The number of hydrogen-bond acceptors (Lipinski definition) is 5. The summed E-state index contributed by atoms with van der Waals surface area (Å²) in [5, 5.41) is 3.24. The predicted molar refractivity (Wildman–Crippen MR) is 122 cm³/mol. The molecule has 0 radical (unpaired) electrons. The lowest BCUT2D eigenvalue weighted by atomic mass is 10.1. The van der Waals surface area contributed by atoms with E-state index < -0.39 is 0 Å². The molecule has 0 spiro atoms. The number of amides is 2. The van der Waals surface area contributed by atoms with E-state index in [4.69, 9.17) is 0 Å². The molecule has 0 bridgehead atoms. The molecule has 1 aromatic heterocycles. The van der Waals surface area contributed by atoms with Crippen molar-refractivity contribution < 1.29 is 9.59 Å². The standard InChI is InChI=1S/C23H26N4O2S/c1-5-17-10-6-7-11-18(17)25-21(28)14-27(4)23(29)16(3)30-22-15(2)24-19-12-8-9-13-20(19)26-22/h6-13,16H,5,14H2,1-4H3,(H,25,28). The molecule has 7 heteroatoms. The van der Waals surface area contributed by atoms with E-state index in [-0.39, 0.29) is 23.6 Å². The van der Waals surface area contributed by atoms with E-state index in [1.807, 2.05) is 69.3 Å². The van der Waals surface area contributed by atoms with Crippen LogP contribution in [0.1, 0.15) is 25.1 Å². The molecule has 0 saturated carbocycles. The smallest absolute Gasteiger partial charge is 0.243 e. The number of rotatable bonds is 7. The Bertz CT molecular complexity index is 1070. The van der Waals surface area contributed by atoms with Gasteiger partial charge in [0.15, 0.2) is 0 Å². The molecule has 3 aromatic rings. The zero-order valence-electron chi connectivity index (χ0n) is 17.7. The maximum atomic E-state index is 12.8. The lowest BCUT2D eigenvalue weighted by Crippen LogP contribution is -2.39. The molecule has 3 rings (SSSR count). The third-order valence-corrected chi connectivity index (χ3v) is 5.93. The number of benzene rings is 2. The fourth-order valence-corrected chi connectivity index (χ4v) is 4.13. The number of carbonyl (C=O) groups excluding carboxylic acids is 2. The molecule has 0 fully saturated rings. The summed E-state index contributed by atoms with van der Waals surface area (Å²) in [6, 6.07) is 15.3. The van der Waals surface area contributed by atoms with Crippen LogP contribution in [0, 0.1) is 6.92 Å². The molecule has 1 heterocycles. The average Bonchev–Trinajstić information content (AvgIpc) is 2.73. The second kappa shape index (κ2) is 9.71. The molecular formula is C23H26N4O2S. The Morgan fingerprint density at radius 3 is 2.40 bits per heavy atom. The Hall–Kier alpha value is -2.93. The van der Waals surface area contributed by atoms with Gasteiger partial charge in [-0.3, -0.25) is 9.59 Å². The maximum Gasteiger partial charge on any atom is 0.243 e. The number of thioether (sulfide) groups is 1. The van der Waals surface area contributed by atoms with Crippen LogP contribution in [0.25, 0.3) is 11.0 Å². The van der Waals surface area contributed by atoms with Gasteiger partial charge in [0.25, 0.3) is 0 Å². The van der Waals surface area contributed by atoms with E-state index in [0.29, 0.717) is 0 Å². The molecule has 0 aliphatic heterocycles. The van der Waals surface area contributed by atoms with Gasteiger partial charge in [-0.05, 0) is 44.0 Å². The number of aryl methyl sites for hydroxylation is 2. The van der Waals surface area contributed by atoms with Crippen molar-refractivity contribution in [1.29, 1.82) is 0 Å². The fourth-order valence-electron chi connectivity index (χ4n) is 3.15. The van der Waals surface area contributed by atoms with E-state index in [0.717, 1.165) is 39.4 Å². The van der Waals surface area contributed by atoms with Crippen LogP contribution in [0.3, 0.4) is 0 Å². The summed E-state index contributed by atoms with van der Waals surface area (Å²) in [6.07, 6.45) is 0.824. The molecule has 30 heavy (non-hydrogen) atoms. The van der Waals surface area contributed by atoms with Crippen molar-refractivity contribution >= 4 is 40.3 Å². The highest BCUT2D eigenvalue weighted by Gasteiger charge is 2.22. The van der Waals surface area contributed by atoms with E-state index in [2.05, 4.69) is 15.3 Å². The lowest BCUT2D eigenvalue weighted by molar-refractivity contribution is -0.132. The van der Waals surface area contributed by atoms with E-state index in [1.165, 1.54) is 16.7 Å². The predicted octanol–water partition coefficient (Wildman–Crippen LogP) is 4.08. The number of hydrogen-bond donors (Lipinski definition) is 1. The van der Waals surface area contributed by atoms with Crippen molar-refractivity contribution in [3.05, 3.63) is 59.8 Å². The van der Waals surface area contributed by atoms with Gasteiger partial charge in [-0.1, -0.05) is 49.0 Å². The van der Waals surface area contributed by atoms with Gasteiger partial charge in [-0.25, -0.2) is 9.97 Å². The Morgan fingerprint density at radius 2 is 1.70 bits per heavy atom. The number of nitrogens with zero attached hydrogens (tertiary/aromatic N) is 3. The normalized spacial score (nSPS) is 11.9. The first-order chi connectivity index (χ1) is 14.4. The van der Waals surface area contributed by atoms with E-state index >= 15 is 0 Å². The topological polar surface area (TPSA) is 75.2 Å². The fraction of sp³-hybridized carbons (Fsp3) is 0.304. The summed E-state index contributed by atoms with van der Waals surface area (Å²) in [5.74, 6) is -0.348. The maximum absolute atomic E-state index is 12.8. The zero-order chi connectivity index (χ0) is 21.7. The van der Waals surface area contributed by atoms with Crippen molar-refractivity contribution in [3.63, 3.8) is 0 Å². The van der Waals surface area contributed by atoms with Gasteiger partial charge in [-0.15, -0.1) is 0 Å². The van der Waals surface area contributed by atoms with Gasteiger partial charge in [-0.2, -0.15) is 0 Å². The summed E-state index contributed by atoms with van der Waals surface area (Å²) in [4.78, 5) is 35.9. The minimum atomic E-state index is -0.389. The van der Waals surface area contributed by atoms with E-state index in [9.17, 15) is 9.59 Å². The van der Waals surface area contributed by atoms with Crippen LogP contribution in [0.15, 0.2) is 53.6 Å². The van der Waals surface area contributed by atoms with Crippen LogP contribution in [0.5, 0.6) is 0 Å². The van der Waals surface area contributed by atoms with Gasteiger partial charge < -0.3 is 10.2 Å². The molecule has 0 saturated heterocycles. The van der Waals surface area contributed by atoms with Gasteiger partial charge >= 0.3 is 0 Å². The van der Waals surface area contributed by atoms with Crippen molar-refractivity contribution in [3.8, 4) is 0 Å². The van der Waals surface area contributed by atoms with Crippen LogP contribution in [0.4, 0.5) is 5.69 Å². The molecule has 1 unspecified atom stereocenters. The van der Waals surface area contributed by atoms with Crippen molar-refractivity contribution in [1.82, 2.24) is 14.9 Å². The van der Waals surface area contributed by atoms with Crippen LogP contribution in [-0.4, -0.2) is 45.5 Å². The number of nitrogens with one attached hydrogen (secondary N) is 1.